The van der Waals surface area contributed by atoms with Crippen molar-refractivity contribution in [3.8, 4) is 17.6 Å². The van der Waals surface area contributed by atoms with Gasteiger partial charge in [0.15, 0.2) is 11.5 Å². The van der Waals surface area contributed by atoms with Crippen LogP contribution in [0, 0.1) is 21.8 Å². The summed E-state index contributed by atoms with van der Waals surface area (Å²) in [5.74, 6) is 1.90. The molecule has 5 nitrogen and oxygen atoms in total. The molecule has 4 rings (SSSR count). The van der Waals surface area contributed by atoms with Crippen molar-refractivity contribution in [2.24, 2.45) is 0 Å². The van der Waals surface area contributed by atoms with Crippen LogP contribution in [-0.2, 0) is 6.61 Å². The smallest absolute Gasteiger partial charge is 0.175 e. The number of benzene rings is 3. The van der Waals surface area contributed by atoms with Crippen LogP contribution in [0.15, 0.2) is 60.7 Å². The SMILES string of the molecule is CCOc1cc(/C=C(/C#N)c2nc3ccc(C)cc3[nH]2)cc(I)c1OCc1ccccc1. The Morgan fingerprint density at radius 1 is 1.12 bits per heavy atom. The normalized spacial score (nSPS) is 11.4. The van der Waals surface area contributed by atoms with E-state index in [2.05, 4.69) is 38.6 Å². The molecule has 0 saturated carbocycles. The highest BCUT2D eigenvalue weighted by molar-refractivity contribution is 14.1. The summed E-state index contributed by atoms with van der Waals surface area (Å²) in [5.41, 5.74) is 5.27. The summed E-state index contributed by atoms with van der Waals surface area (Å²) in [6.45, 7) is 4.93. The van der Waals surface area contributed by atoms with Gasteiger partial charge in [-0.25, -0.2) is 4.98 Å². The first-order valence-electron chi connectivity index (χ1n) is 10.3. The van der Waals surface area contributed by atoms with Crippen molar-refractivity contribution in [1.29, 1.82) is 5.26 Å². The van der Waals surface area contributed by atoms with Gasteiger partial charge >= 0.3 is 0 Å². The summed E-state index contributed by atoms with van der Waals surface area (Å²) < 4.78 is 12.9. The number of aromatic amines is 1. The van der Waals surface area contributed by atoms with Crippen LogP contribution in [0.1, 0.15) is 29.4 Å². The summed E-state index contributed by atoms with van der Waals surface area (Å²) in [4.78, 5) is 7.83. The monoisotopic (exact) mass is 535 g/mol. The third-order valence-electron chi connectivity index (χ3n) is 4.88. The van der Waals surface area contributed by atoms with Crippen molar-refractivity contribution in [3.05, 3.63) is 86.7 Å². The maximum atomic E-state index is 9.79. The van der Waals surface area contributed by atoms with Gasteiger partial charge in [0.25, 0.3) is 0 Å². The molecule has 0 atom stereocenters. The van der Waals surface area contributed by atoms with Crippen molar-refractivity contribution >= 4 is 45.3 Å². The predicted octanol–water partition coefficient (Wildman–Crippen LogP) is 6.52. The molecule has 0 aliphatic rings. The number of allylic oxidation sites excluding steroid dienone is 1. The molecule has 6 heteroatoms. The first kappa shape index (κ1) is 21.9. The number of halogens is 1. The number of H-pyrrole nitrogens is 1. The lowest BCUT2D eigenvalue weighted by Gasteiger charge is -2.15. The molecule has 0 aliphatic carbocycles. The number of nitrogens with one attached hydrogen (secondary N) is 1. The van der Waals surface area contributed by atoms with E-state index in [0.717, 1.165) is 31.3 Å². The quantitative estimate of drug-likeness (QED) is 0.216. The molecule has 4 aromatic rings. The van der Waals surface area contributed by atoms with Gasteiger partial charge in [0, 0.05) is 0 Å². The average Bonchev–Trinajstić information content (AvgIpc) is 3.20. The van der Waals surface area contributed by atoms with E-state index in [9.17, 15) is 5.26 Å². The zero-order valence-corrected chi connectivity index (χ0v) is 20.0. The number of aryl methyl sites for hydroxylation is 1. The van der Waals surface area contributed by atoms with E-state index < -0.39 is 0 Å². The fraction of sp³-hybridized carbons (Fsp3) is 0.154. The number of hydrogen-bond donors (Lipinski definition) is 1. The second-order valence-corrected chi connectivity index (χ2v) is 8.48. The van der Waals surface area contributed by atoms with Crippen LogP contribution < -0.4 is 9.47 Å². The number of ether oxygens (including phenoxy) is 2. The fourth-order valence-electron chi connectivity index (χ4n) is 3.38. The van der Waals surface area contributed by atoms with Crippen molar-refractivity contribution in [3.63, 3.8) is 0 Å². The third-order valence-corrected chi connectivity index (χ3v) is 5.68. The van der Waals surface area contributed by atoms with Gasteiger partial charge in [0.1, 0.15) is 18.5 Å². The summed E-state index contributed by atoms with van der Waals surface area (Å²) in [7, 11) is 0. The van der Waals surface area contributed by atoms with E-state index in [-0.39, 0.29) is 0 Å². The highest BCUT2D eigenvalue weighted by atomic mass is 127. The van der Waals surface area contributed by atoms with Crippen LogP contribution in [0.4, 0.5) is 0 Å². The lowest BCUT2D eigenvalue weighted by molar-refractivity contribution is 0.267. The number of fused-ring (bicyclic) bond motifs is 1. The minimum atomic E-state index is 0.452. The fourth-order valence-corrected chi connectivity index (χ4v) is 4.16. The third kappa shape index (κ3) is 4.94. The molecule has 1 heterocycles. The standard InChI is InChI=1S/C26H22IN3O2/c1-3-31-24-14-19(13-21(27)25(24)32-16-18-7-5-4-6-8-18)12-20(15-28)26-29-22-10-9-17(2)11-23(22)30-26/h4-14H,3,16H2,1-2H3,(H,29,30)/b20-12-. The largest absolute Gasteiger partial charge is 0.490 e. The summed E-state index contributed by atoms with van der Waals surface area (Å²) in [5, 5.41) is 9.79. The molecule has 160 valence electrons. The molecule has 0 spiro atoms. The topological polar surface area (TPSA) is 70.9 Å². The van der Waals surface area contributed by atoms with Crippen molar-refractivity contribution in [2.75, 3.05) is 6.61 Å². The Balaban J connectivity index is 1.67. The molecule has 0 unspecified atom stereocenters. The minimum absolute atomic E-state index is 0.452. The van der Waals surface area contributed by atoms with Crippen LogP contribution in [0.2, 0.25) is 0 Å². The van der Waals surface area contributed by atoms with Gasteiger partial charge in [0.05, 0.1) is 26.8 Å². The maximum absolute atomic E-state index is 9.79. The molecule has 3 aromatic carbocycles. The van der Waals surface area contributed by atoms with E-state index in [1.165, 1.54) is 0 Å². The Morgan fingerprint density at radius 2 is 1.94 bits per heavy atom. The molecule has 1 N–H and O–H groups in total. The number of imidazole rings is 1. The average molecular weight is 535 g/mol. The molecule has 0 radical (unpaired) electrons. The molecule has 0 aliphatic heterocycles. The zero-order chi connectivity index (χ0) is 22.5. The highest BCUT2D eigenvalue weighted by Gasteiger charge is 2.14. The van der Waals surface area contributed by atoms with Gasteiger partial charge < -0.3 is 14.5 Å². The molecular formula is C26H22IN3O2. The molecule has 0 fully saturated rings. The van der Waals surface area contributed by atoms with Crippen molar-refractivity contribution < 1.29 is 9.47 Å². The van der Waals surface area contributed by atoms with Crippen LogP contribution >= 0.6 is 22.6 Å². The molecule has 0 amide bonds. The Bertz CT molecular complexity index is 1320. The minimum Gasteiger partial charge on any atom is -0.490 e. The van der Waals surface area contributed by atoms with E-state index >= 15 is 0 Å². The maximum Gasteiger partial charge on any atom is 0.175 e. The second-order valence-electron chi connectivity index (χ2n) is 7.31. The first-order valence-corrected chi connectivity index (χ1v) is 11.4. The zero-order valence-electron chi connectivity index (χ0n) is 17.9. The lowest BCUT2D eigenvalue weighted by Crippen LogP contribution is -2.02. The van der Waals surface area contributed by atoms with E-state index in [0.29, 0.717) is 36.1 Å². The van der Waals surface area contributed by atoms with Crippen LogP contribution in [0.5, 0.6) is 11.5 Å². The van der Waals surface area contributed by atoms with Crippen LogP contribution in [0.3, 0.4) is 0 Å². The molecule has 0 bridgehead atoms. The Morgan fingerprint density at radius 3 is 2.69 bits per heavy atom. The molecule has 32 heavy (non-hydrogen) atoms. The molecule has 1 aromatic heterocycles. The van der Waals surface area contributed by atoms with Gasteiger partial charge in [0.2, 0.25) is 0 Å². The Hall–Kier alpha value is -3.31. The predicted molar refractivity (Wildman–Crippen MR) is 135 cm³/mol. The van der Waals surface area contributed by atoms with Crippen LogP contribution in [-0.4, -0.2) is 16.6 Å². The van der Waals surface area contributed by atoms with Gasteiger partial charge in [-0.05, 0) is 83.5 Å². The van der Waals surface area contributed by atoms with Gasteiger partial charge in [-0.2, -0.15) is 5.26 Å². The number of nitriles is 1. The lowest BCUT2D eigenvalue weighted by atomic mass is 10.1. The molecular weight excluding hydrogens is 513 g/mol. The van der Waals surface area contributed by atoms with Gasteiger partial charge in [-0.1, -0.05) is 36.4 Å². The van der Waals surface area contributed by atoms with Crippen LogP contribution in [0.25, 0.3) is 22.7 Å². The summed E-state index contributed by atoms with van der Waals surface area (Å²) >= 11 is 2.24. The van der Waals surface area contributed by atoms with Gasteiger partial charge in [-0.15, -0.1) is 0 Å². The van der Waals surface area contributed by atoms with E-state index in [1.807, 2.05) is 80.6 Å². The number of aromatic nitrogens is 2. The van der Waals surface area contributed by atoms with Gasteiger partial charge in [-0.3, -0.25) is 0 Å². The Kier molecular flexibility index (Phi) is 6.76. The Labute approximate surface area is 200 Å². The van der Waals surface area contributed by atoms with E-state index in [1.54, 1.807) is 0 Å². The summed E-state index contributed by atoms with van der Waals surface area (Å²) in [6, 6.07) is 22.1. The van der Waals surface area contributed by atoms with Crippen molar-refractivity contribution in [2.45, 2.75) is 20.5 Å². The van der Waals surface area contributed by atoms with Crippen molar-refractivity contribution in [1.82, 2.24) is 9.97 Å². The van der Waals surface area contributed by atoms with E-state index in [4.69, 9.17) is 9.47 Å². The molecule has 0 saturated heterocycles. The number of nitrogens with zero attached hydrogens (tertiary/aromatic N) is 2. The number of rotatable bonds is 7. The summed E-state index contributed by atoms with van der Waals surface area (Å²) in [6.07, 6.45) is 1.82. The highest BCUT2D eigenvalue weighted by Crippen LogP contribution is 2.36. The second kappa shape index (κ2) is 9.88. The number of hydrogen-bond acceptors (Lipinski definition) is 4. The first-order chi connectivity index (χ1) is 15.6.